The summed E-state index contributed by atoms with van der Waals surface area (Å²) in [4.78, 5) is 23.7. The fraction of sp³-hybridized carbons (Fsp3) is 0.429. The molecule has 158 valence electrons. The predicted octanol–water partition coefficient (Wildman–Crippen LogP) is 1.70. The van der Waals surface area contributed by atoms with Crippen LogP contribution in [0.1, 0.15) is 23.2 Å². The number of aryl methyl sites for hydroxylation is 1. The van der Waals surface area contributed by atoms with E-state index in [1.54, 1.807) is 10.9 Å². The molecular formula is C21H28N8O. The molecule has 1 aliphatic heterocycles. The summed E-state index contributed by atoms with van der Waals surface area (Å²) in [5.41, 5.74) is 7.11. The number of rotatable bonds is 7. The maximum Gasteiger partial charge on any atom is 0.253 e. The van der Waals surface area contributed by atoms with Gasteiger partial charge in [-0.3, -0.25) is 9.48 Å². The van der Waals surface area contributed by atoms with Crippen molar-refractivity contribution in [2.24, 2.45) is 18.7 Å². The Balaban J connectivity index is 1.37. The molecule has 0 atom stereocenters. The van der Waals surface area contributed by atoms with Crippen LogP contribution in [0.3, 0.4) is 0 Å². The van der Waals surface area contributed by atoms with Crippen LogP contribution in [0.5, 0.6) is 0 Å². The van der Waals surface area contributed by atoms with Crippen LogP contribution < -0.4 is 16.4 Å². The third-order valence-corrected chi connectivity index (χ3v) is 5.50. The second kappa shape index (κ2) is 9.08. The molecule has 4 rings (SSSR count). The lowest BCUT2D eigenvalue weighted by Gasteiger charge is -2.32. The van der Waals surface area contributed by atoms with Crippen molar-refractivity contribution in [3.8, 4) is 0 Å². The van der Waals surface area contributed by atoms with Crippen LogP contribution >= 0.6 is 0 Å². The topological polar surface area (TPSA) is 114 Å². The molecule has 0 saturated carbocycles. The second-order valence-electron chi connectivity index (χ2n) is 7.60. The molecule has 1 aromatic carbocycles. The molecule has 4 N–H and O–H groups in total. The highest BCUT2D eigenvalue weighted by Gasteiger charge is 2.24. The van der Waals surface area contributed by atoms with Crippen LogP contribution in [-0.4, -0.2) is 63.3 Å². The van der Waals surface area contributed by atoms with Gasteiger partial charge in [0.2, 0.25) is 5.95 Å². The standard InChI is InChI=1S/C21H28N8O/c1-28-19-17(14-25-28)18(26-21(27-19)23-10-9-22)24-13-15-7-11-29(12-8-15)20(30)16-5-3-2-4-6-16/h2-6,14-15H,7-13,22H2,1H3,(H2,23,24,26,27). The molecule has 0 unspecified atom stereocenters. The monoisotopic (exact) mass is 408 g/mol. The molecule has 2 aromatic heterocycles. The molecule has 9 heteroatoms. The number of hydrogen-bond acceptors (Lipinski definition) is 7. The van der Waals surface area contributed by atoms with Gasteiger partial charge in [0.1, 0.15) is 5.82 Å². The van der Waals surface area contributed by atoms with Crippen LogP contribution in [0.25, 0.3) is 11.0 Å². The number of anilines is 2. The number of nitrogens with zero attached hydrogens (tertiary/aromatic N) is 5. The SMILES string of the molecule is Cn1ncc2c(NCC3CCN(C(=O)c4ccccc4)CC3)nc(NCCN)nc21. The molecule has 3 heterocycles. The molecule has 0 radical (unpaired) electrons. The molecule has 9 nitrogen and oxygen atoms in total. The van der Waals surface area contributed by atoms with E-state index in [0.717, 1.165) is 54.9 Å². The van der Waals surface area contributed by atoms with Gasteiger partial charge in [-0.25, -0.2) is 0 Å². The van der Waals surface area contributed by atoms with Crippen LogP contribution in [0, 0.1) is 5.92 Å². The number of likely N-dealkylation sites (tertiary alicyclic amines) is 1. The van der Waals surface area contributed by atoms with Crippen molar-refractivity contribution < 1.29 is 4.79 Å². The first-order valence-electron chi connectivity index (χ1n) is 10.4. The Morgan fingerprint density at radius 3 is 2.67 bits per heavy atom. The highest BCUT2D eigenvalue weighted by atomic mass is 16.2. The highest BCUT2D eigenvalue weighted by molar-refractivity contribution is 5.94. The fourth-order valence-electron chi connectivity index (χ4n) is 3.76. The quantitative estimate of drug-likeness (QED) is 0.545. The lowest BCUT2D eigenvalue weighted by molar-refractivity contribution is 0.0695. The van der Waals surface area contributed by atoms with Crippen molar-refractivity contribution in [1.82, 2.24) is 24.6 Å². The summed E-state index contributed by atoms with van der Waals surface area (Å²) in [5.74, 6) is 1.91. The van der Waals surface area contributed by atoms with E-state index < -0.39 is 0 Å². The van der Waals surface area contributed by atoms with Crippen molar-refractivity contribution >= 4 is 28.7 Å². The smallest absolute Gasteiger partial charge is 0.253 e. The number of benzene rings is 1. The van der Waals surface area contributed by atoms with E-state index in [1.807, 2.05) is 42.3 Å². The van der Waals surface area contributed by atoms with Crippen LogP contribution in [0.2, 0.25) is 0 Å². The number of carbonyl (C=O) groups excluding carboxylic acids is 1. The van der Waals surface area contributed by atoms with Crippen molar-refractivity contribution in [1.29, 1.82) is 0 Å². The van der Waals surface area contributed by atoms with Gasteiger partial charge in [-0.05, 0) is 30.9 Å². The number of hydrogen-bond donors (Lipinski definition) is 3. The van der Waals surface area contributed by atoms with Crippen LogP contribution in [0.15, 0.2) is 36.5 Å². The van der Waals surface area contributed by atoms with Gasteiger partial charge < -0.3 is 21.3 Å². The number of nitrogens with one attached hydrogen (secondary N) is 2. The van der Waals surface area contributed by atoms with E-state index in [2.05, 4.69) is 25.7 Å². The Bertz CT molecular complexity index is 995. The molecule has 1 aliphatic rings. The van der Waals surface area contributed by atoms with E-state index >= 15 is 0 Å². The molecular weight excluding hydrogens is 380 g/mol. The molecule has 0 aliphatic carbocycles. The summed E-state index contributed by atoms with van der Waals surface area (Å²) in [5, 5.41) is 11.8. The third-order valence-electron chi connectivity index (χ3n) is 5.50. The molecule has 0 bridgehead atoms. The van der Waals surface area contributed by atoms with Gasteiger partial charge in [-0.2, -0.15) is 15.1 Å². The molecule has 1 amide bonds. The molecule has 1 fully saturated rings. The summed E-state index contributed by atoms with van der Waals surface area (Å²) >= 11 is 0. The van der Waals surface area contributed by atoms with Gasteiger partial charge in [0.25, 0.3) is 5.91 Å². The van der Waals surface area contributed by atoms with Crippen molar-refractivity contribution in [2.45, 2.75) is 12.8 Å². The van der Waals surface area contributed by atoms with Crippen molar-refractivity contribution in [3.63, 3.8) is 0 Å². The Hall–Kier alpha value is -3.20. The van der Waals surface area contributed by atoms with Gasteiger partial charge in [0.05, 0.1) is 11.6 Å². The van der Waals surface area contributed by atoms with E-state index in [1.165, 1.54) is 0 Å². The number of carbonyl (C=O) groups is 1. The van der Waals surface area contributed by atoms with E-state index in [4.69, 9.17) is 5.73 Å². The first-order chi connectivity index (χ1) is 14.7. The fourth-order valence-corrected chi connectivity index (χ4v) is 3.76. The summed E-state index contributed by atoms with van der Waals surface area (Å²) in [6.45, 7) is 3.46. The van der Waals surface area contributed by atoms with E-state index in [-0.39, 0.29) is 5.91 Å². The lowest BCUT2D eigenvalue weighted by Crippen LogP contribution is -2.39. The van der Waals surface area contributed by atoms with Gasteiger partial charge in [-0.1, -0.05) is 18.2 Å². The van der Waals surface area contributed by atoms with Gasteiger partial charge in [0.15, 0.2) is 5.65 Å². The average molecular weight is 409 g/mol. The van der Waals surface area contributed by atoms with Crippen molar-refractivity contribution in [3.05, 3.63) is 42.1 Å². The Morgan fingerprint density at radius 1 is 1.17 bits per heavy atom. The van der Waals surface area contributed by atoms with Crippen LogP contribution in [-0.2, 0) is 7.05 Å². The van der Waals surface area contributed by atoms with Crippen molar-refractivity contribution in [2.75, 3.05) is 43.4 Å². The van der Waals surface area contributed by atoms with Crippen LogP contribution in [0.4, 0.5) is 11.8 Å². The Labute approximate surface area is 175 Å². The zero-order chi connectivity index (χ0) is 20.9. The first-order valence-corrected chi connectivity index (χ1v) is 10.4. The average Bonchev–Trinajstić information content (AvgIpc) is 3.17. The number of piperidine rings is 1. The zero-order valence-corrected chi connectivity index (χ0v) is 17.2. The number of amides is 1. The number of fused-ring (bicyclic) bond motifs is 1. The summed E-state index contributed by atoms with van der Waals surface area (Å²) in [6, 6.07) is 9.49. The maximum absolute atomic E-state index is 12.6. The van der Waals surface area contributed by atoms with Gasteiger partial charge in [0, 0.05) is 45.3 Å². The molecule has 0 spiro atoms. The van der Waals surface area contributed by atoms with E-state index in [0.29, 0.717) is 25.0 Å². The zero-order valence-electron chi connectivity index (χ0n) is 17.2. The Morgan fingerprint density at radius 2 is 1.93 bits per heavy atom. The van der Waals surface area contributed by atoms with E-state index in [9.17, 15) is 4.79 Å². The largest absolute Gasteiger partial charge is 0.369 e. The molecule has 30 heavy (non-hydrogen) atoms. The molecule has 3 aromatic rings. The summed E-state index contributed by atoms with van der Waals surface area (Å²) in [7, 11) is 1.87. The maximum atomic E-state index is 12.6. The second-order valence-corrected chi connectivity index (χ2v) is 7.60. The summed E-state index contributed by atoms with van der Waals surface area (Å²) in [6.07, 6.45) is 3.71. The number of nitrogens with two attached hydrogens (primary N) is 1. The summed E-state index contributed by atoms with van der Waals surface area (Å²) < 4.78 is 1.74. The van der Waals surface area contributed by atoms with Gasteiger partial charge >= 0.3 is 0 Å². The minimum Gasteiger partial charge on any atom is -0.369 e. The number of aromatic nitrogens is 4. The normalized spacial score (nSPS) is 14.8. The minimum absolute atomic E-state index is 0.116. The third kappa shape index (κ3) is 4.35. The molecule has 1 saturated heterocycles. The Kier molecular flexibility index (Phi) is 6.08. The first kappa shape index (κ1) is 20.1. The highest BCUT2D eigenvalue weighted by Crippen LogP contribution is 2.24. The predicted molar refractivity (Wildman–Crippen MR) is 117 cm³/mol. The van der Waals surface area contributed by atoms with Gasteiger partial charge in [-0.15, -0.1) is 0 Å². The lowest BCUT2D eigenvalue weighted by atomic mass is 9.96. The minimum atomic E-state index is 0.116.